The van der Waals surface area contributed by atoms with Crippen LogP contribution in [0.3, 0.4) is 0 Å². The molecule has 4 nitrogen and oxygen atoms in total. The number of alkyl halides is 6. The van der Waals surface area contributed by atoms with Gasteiger partial charge in [0.15, 0.2) is 0 Å². The highest BCUT2D eigenvalue weighted by molar-refractivity contribution is 5.75. The molecule has 0 N–H and O–H groups in total. The van der Waals surface area contributed by atoms with Crippen molar-refractivity contribution < 1.29 is 26.3 Å². The summed E-state index contributed by atoms with van der Waals surface area (Å²) in [4.78, 5) is 9.68. The molecule has 31 heavy (non-hydrogen) atoms. The number of pyridine rings is 2. The van der Waals surface area contributed by atoms with Gasteiger partial charge in [-0.2, -0.15) is 26.3 Å². The van der Waals surface area contributed by atoms with Crippen LogP contribution in [0, 0.1) is 5.92 Å². The first kappa shape index (κ1) is 20.1. The Kier molecular flexibility index (Phi) is 4.46. The third kappa shape index (κ3) is 3.51. The Morgan fingerprint density at radius 1 is 1.00 bits per heavy atom. The van der Waals surface area contributed by atoms with Gasteiger partial charge < -0.3 is 9.47 Å². The highest BCUT2D eigenvalue weighted by atomic mass is 19.4. The van der Waals surface area contributed by atoms with E-state index in [0.717, 1.165) is 36.4 Å². The summed E-state index contributed by atoms with van der Waals surface area (Å²) in [5, 5.41) is 0.925. The van der Waals surface area contributed by atoms with Crippen molar-refractivity contribution in [1.29, 1.82) is 0 Å². The van der Waals surface area contributed by atoms with Crippen LogP contribution in [0.15, 0.2) is 42.7 Å². The maximum Gasteiger partial charge on any atom is 0.433 e. The van der Waals surface area contributed by atoms with Crippen LogP contribution in [0.1, 0.15) is 30.5 Å². The normalized spacial score (nSPS) is 23.8. The SMILES string of the molecule is FC(F)(F)c1cc(N2[C@@H]3CC[C@@H](C3)[C@H]2Cn2ccc3cccnc32)nc(C(F)(F)F)c1. The molecule has 1 aliphatic carbocycles. The molecule has 3 aromatic rings. The molecule has 0 amide bonds. The Balaban J connectivity index is 1.56. The molecule has 4 heterocycles. The number of halogens is 6. The Bertz CT molecular complexity index is 1090. The Morgan fingerprint density at radius 2 is 1.81 bits per heavy atom. The van der Waals surface area contributed by atoms with E-state index in [4.69, 9.17) is 0 Å². The maximum atomic E-state index is 13.4. The van der Waals surface area contributed by atoms with Gasteiger partial charge in [-0.05, 0) is 55.5 Å². The second-order valence-electron chi connectivity index (χ2n) is 8.18. The predicted octanol–water partition coefficient (Wildman–Crippen LogP) is 5.53. The summed E-state index contributed by atoms with van der Waals surface area (Å²) >= 11 is 0. The number of aromatic nitrogens is 3. The van der Waals surface area contributed by atoms with Crippen molar-refractivity contribution in [2.45, 2.75) is 50.2 Å². The van der Waals surface area contributed by atoms with Crippen LogP contribution in [0.25, 0.3) is 11.0 Å². The van der Waals surface area contributed by atoms with Gasteiger partial charge in [-0.1, -0.05) is 0 Å². The van der Waals surface area contributed by atoms with E-state index in [1.54, 1.807) is 11.1 Å². The molecule has 0 radical (unpaired) electrons. The first-order valence-electron chi connectivity index (χ1n) is 9.96. The molecule has 0 spiro atoms. The zero-order valence-corrected chi connectivity index (χ0v) is 16.2. The minimum atomic E-state index is -4.97. The number of fused-ring (bicyclic) bond motifs is 3. The molecule has 1 aliphatic heterocycles. The predicted molar refractivity (Wildman–Crippen MR) is 101 cm³/mol. The lowest BCUT2D eigenvalue weighted by Crippen LogP contribution is -2.44. The third-order valence-electron chi connectivity index (χ3n) is 6.34. The lowest BCUT2D eigenvalue weighted by Gasteiger charge is -2.37. The van der Waals surface area contributed by atoms with Crippen LogP contribution in [-0.4, -0.2) is 26.6 Å². The number of nitrogens with zero attached hydrogens (tertiary/aromatic N) is 4. The van der Waals surface area contributed by atoms with E-state index < -0.39 is 23.6 Å². The van der Waals surface area contributed by atoms with Gasteiger partial charge in [-0.25, -0.2) is 9.97 Å². The second kappa shape index (κ2) is 6.86. The molecule has 0 unspecified atom stereocenters. The van der Waals surface area contributed by atoms with Crippen LogP contribution in [0.4, 0.5) is 32.2 Å². The van der Waals surface area contributed by atoms with Crippen molar-refractivity contribution in [2.75, 3.05) is 4.90 Å². The van der Waals surface area contributed by atoms with Gasteiger partial charge in [0.05, 0.1) is 11.6 Å². The van der Waals surface area contributed by atoms with Gasteiger partial charge in [0.1, 0.15) is 17.2 Å². The van der Waals surface area contributed by atoms with E-state index >= 15 is 0 Å². The van der Waals surface area contributed by atoms with E-state index in [9.17, 15) is 26.3 Å². The molecule has 3 aromatic heterocycles. The van der Waals surface area contributed by atoms with E-state index in [-0.39, 0.29) is 29.9 Å². The van der Waals surface area contributed by atoms with Gasteiger partial charge in [0.25, 0.3) is 0 Å². The first-order valence-corrected chi connectivity index (χ1v) is 9.96. The largest absolute Gasteiger partial charge is 0.433 e. The van der Waals surface area contributed by atoms with Gasteiger partial charge in [-0.15, -0.1) is 0 Å². The van der Waals surface area contributed by atoms with Crippen molar-refractivity contribution in [3.63, 3.8) is 0 Å². The summed E-state index contributed by atoms with van der Waals surface area (Å²) in [6.07, 6.45) is -4.01. The molecule has 1 saturated heterocycles. The molecular weight excluding hydrogens is 422 g/mol. The van der Waals surface area contributed by atoms with Crippen molar-refractivity contribution >= 4 is 16.9 Å². The lowest BCUT2D eigenvalue weighted by atomic mass is 9.98. The fourth-order valence-corrected chi connectivity index (χ4v) is 5.01. The zero-order valence-electron chi connectivity index (χ0n) is 16.2. The summed E-state index contributed by atoms with van der Waals surface area (Å²) in [5.41, 5.74) is -2.12. The average Bonchev–Trinajstić information content (AvgIpc) is 3.42. The molecule has 2 bridgehead atoms. The van der Waals surface area contributed by atoms with Crippen molar-refractivity contribution in [3.8, 4) is 0 Å². The molecule has 164 valence electrons. The minimum absolute atomic E-state index is 0.0796. The smallest absolute Gasteiger partial charge is 0.349 e. The summed E-state index contributed by atoms with van der Waals surface area (Å²) in [6, 6.07) is 6.05. The quantitative estimate of drug-likeness (QED) is 0.503. The molecule has 1 saturated carbocycles. The maximum absolute atomic E-state index is 13.4. The Morgan fingerprint density at radius 3 is 2.55 bits per heavy atom. The number of piperidine rings is 1. The molecule has 5 rings (SSSR count). The Hall–Kier alpha value is -2.78. The molecule has 3 atom stereocenters. The molecular formula is C21H18F6N4. The van der Waals surface area contributed by atoms with Gasteiger partial charge >= 0.3 is 12.4 Å². The monoisotopic (exact) mass is 440 g/mol. The summed E-state index contributed by atoms with van der Waals surface area (Å²) in [6.45, 7) is 0.418. The average molecular weight is 440 g/mol. The van der Waals surface area contributed by atoms with Gasteiger partial charge in [-0.3, -0.25) is 0 Å². The minimum Gasteiger partial charge on any atom is -0.349 e. The van der Waals surface area contributed by atoms with E-state index in [1.807, 2.05) is 29.0 Å². The first-order chi connectivity index (χ1) is 14.6. The van der Waals surface area contributed by atoms with Crippen LogP contribution in [0.5, 0.6) is 0 Å². The zero-order chi connectivity index (χ0) is 22.0. The fourth-order valence-electron chi connectivity index (χ4n) is 5.01. The van der Waals surface area contributed by atoms with Crippen molar-refractivity contribution in [1.82, 2.24) is 14.5 Å². The summed E-state index contributed by atoms with van der Waals surface area (Å²) in [5.74, 6) is -0.0828. The third-order valence-corrected chi connectivity index (χ3v) is 6.34. The van der Waals surface area contributed by atoms with E-state index in [2.05, 4.69) is 9.97 Å². The van der Waals surface area contributed by atoms with Gasteiger partial charge in [0.2, 0.25) is 0 Å². The molecule has 10 heteroatoms. The number of rotatable bonds is 3. The molecule has 2 fully saturated rings. The van der Waals surface area contributed by atoms with Crippen LogP contribution in [-0.2, 0) is 18.9 Å². The van der Waals surface area contributed by atoms with Gasteiger partial charge in [0, 0.05) is 30.4 Å². The van der Waals surface area contributed by atoms with Crippen molar-refractivity contribution in [3.05, 3.63) is 54.0 Å². The standard InChI is InChI=1S/C21H18F6N4/c22-20(23,24)14-9-17(21(25,26)27)29-18(10-14)31-15-4-3-13(8-15)16(31)11-30-7-5-12-2-1-6-28-19(12)30/h1-2,5-7,9-10,13,15-16H,3-4,8,11H2/t13-,15+,16+/m0/s1. The fraction of sp³-hybridized carbons (Fsp3) is 0.429. The summed E-state index contributed by atoms with van der Waals surface area (Å²) < 4.78 is 82.0. The van der Waals surface area contributed by atoms with E-state index in [0.29, 0.717) is 6.54 Å². The van der Waals surface area contributed by atoms with E-state index in [1.165, 1.54) is 0 Å². The van der Waals surface area contributed by atoms with Crippen LogP contribution >= 0.6 is 0 Å². The lowest BCUT2D eigenvalue weighted by molar-refractivity contribution is -0.145. The summed E-state index contributed by atoms with van der Waals surface area (Å²) in [7, 11) is 0. The van der Waals surface area contributed by atoms with Crippen molar-refractivity contribution in [2.24, 2.45) is 5.92 Å². The second-order valence-corrected chi connectivity index (χ2v) is 8.18. The molecule has 2 aliphatic rings. The van der Waals surface area contributed by atoms with Crippen LogP contribution in [0.2, 0.25) is 0 Å². The topological polar surface area (TPSA) is 34.0 Å². The number of hydrogen-bond donors (Lipinski definition) is 0. The number of anilines is 1. The molecule has 0 aromatic carbocycles. The van der Waals surface area contributed by atoms with Crippen LogP contribution < -0.4 is 4.90 Å². The highest BCUT2D eigenvalue weighted by Gasteiger charge is 2.48. The highest BCUT2D eigenvalue weighted by Crippen LogP contribution is 2.46. The Labute approximate surface area is 173 Å². The number of hydrogen-bond acceptors (Lipinski definition) is 3.